The Kier molecular flexibility index (Phi) is 6.52. The summed E-state index contributed by atoms with van der Waals surface area (Å²) < 4.78 is 10.6. The first-order valence-electron chi connectivity index (χ1n) is 7.82. The highest BCUT2D eigenvalue weighted by molar-refractivity contribution is 6.31. The lowest BCUT2D eigenvalue weighted by Gasteiger charge is -2.32. The second kappa shape index (κ2) is 8.39. The van der Waals surface area contributed by atoms with Gasteiger partial charge in [-0.3, -0.25) is 4.79 Å². The van der Waals surface area contributed by atoms with E-state index in [1.54, 1.807) is 13.2 Å². The van der Waals surface area contributed by atoms with Gasteiger partial charge in [-0.2, -0.15) is 0 Å². The van der Waals surface area contributed by atoms with Crippen molar-refractivity contribution < 1.29 is 14.3 Å². The molecule has 0 aliphatic carbocycles. The molecule has 0 radical (unpaired) electrons. The van der Waals surface area contributed by atoms with Crippen molar-refractivity contribution >= 4 is 17.5 Å². The largest absolute Gasteiger partial charge is 0.497 e. The fourth-order valence-corrected chi connectivity index (χ4v) is 2.94. The molecule has 1 heterocycles. The highest BCUT2D eigenvalue weighted by Crippen LogP contribution is 2.24. The fourth-order valence-electron chi connectivity index (χ4n) is 2.71. The summed E-state index contributed by atoms with van der Waals surface area (Å²) in [6, 6.07) is 5.45. The number of piperidine rings is 1. The van der Waals surface area contributed by atoms with E-state index in [1.807, 2.05) is 24.0 Å². The molecule has 0 aromatic heterocycles. The standard InChI is InChI=1S/C17H24ClNO3/c1-3-22-12-13-6-8-19(9-7-13)17(20)10-14-4-5-15(21-2)11-16(14)18/h4-5,11,13H,3,6-10,12H2,1-2H3. The normalized spacial score (nSPS) is 15.9. The van der Waals surface area contributed by atoms with Crippen LogP contribution < -0.4 is 4.74 Å². The minimum atomic E-state index is 0.141. The summed E-state index contributed by atoms with van der Waals surface area (Å²) in [5.41, 5.74) is 0.851. The van der Waals surface area contributed by atoms with E-state index in [-0.39, 0.29) is 5.91 Å². The summed E-state index contributed by atoms with van der Waals surface area (Å²) >= 11 is 6.20. The van der Waals surface area contributed by atoms with Crippen LogP contribution in [-0.2, 0) is 16.0 Å². The summed E-state index contributed by atoms with van der Waals surface area (Å²) in [6.07, 6.45) is 2.38. The van der Waals surface area contributed by atoms with Crippen molar-refractivity contribution in [2.75, 3.05) is 33.4 Å². The molecule has 1 aliphatic rings. The molecule has 0 N–H and O–H groups in total. The number of halogens is 1. The van der Waals surface area contributed by atoms with Gasteiger partial charge in [-0.1, -0.05) is 17.7 Å². The zero-order valence-electron chi connectivity index (χ0n) is 13.3. The highest BCUT2D eigenvalue weighted by Gasteiger charge is 2.23. The van der Waals surface area contributed by atoms with E-state index in [9.17, 15) is 4.79 Å². The lowest BCUT2D eigenvalue weighted by Crippen LogP contribution is -2.40. The molecule has 1 fully saturated rings. The van der Waals surface area contributed by atoms with E-state index in [4.69, 9.17) is 21.1 Å². The van der Waals surface area contributed by atoms with Crippen molar-refractivity contribution in [2.24, 2.45) is 5.92 Å². The predicted molar refractivity (Wildman–Crippen MR) is 87.5 cm³/mol. The summed E-state index contributed by atoms with van der Waals surface area (Å²) in [4.78, 5) is 14.3. The lowest BCUT2D eigenvalue weighted by molar-refractivity contribution is -0.132. The van der Waals surface area contributed by atoms with E-state index < -0.39 is 0 Å². The molecule has 0 spiro atoms. The molecular formula is C17H24ClNO3. The Hall–Kier alpha value is -1.26. The molecule has 22 heavy (non-hydrogen) atoms. The minimum Gasteiger partial charge on any atom is -0.497 e. The van der Waals surface area contributed by atoms with E-state index in [0.29, 0.717) is 23.1 Å². The Labute approximate surface area is 137 Å². The van der Waals surface area contributed by atoms with E-state index in [2.05, 4.69) is 0 Å². The van der Waals surface area contributed by atoms with Gasteiger partial charge in [-0.25, -0.2) is 0 Å². The highest BCUT2D eigenvalue weighted by atomic mass is 35.5. The van der Waals surface area contributed by atoms with Gasteiger partial charge >= 0.3 is 0 Å². The van der Waals surface area contributed by atoms with Gasteiger partial charge in [0.25, 0.3) is 0 Å². The Bertz CT molecular complexity index is 499. The van der Waals surface area contributed by atoms with Gasteiger partial charge in [-0.05, 0) is 43.4 Å². The van der Waals surface area contributed by atoms with E-state index in [0.717, 1.165) is 44.7 Å². The van der Waals surface area contributed by atoms with Gasteiger partial charge in [0.1, 0.15) is 5.75 Å². The molecule has 5 heteroatoms. The number of amides is 1. The van der Waals surface area contributed by atoms with Crippen LogP contribution >= 0.6 is 11.6 Å². The number of ether oxygens (including phenoxy) is 2. The molecule has 1 saturated heterocycles. The molecular weight excluding hydrogens is 302 g/mol. The van der Waals surface area contributed by atoms with Gasteiger partial charge in [0.05, 0.1) is 13.5 Å². The molecule has 1 amide bonds. The third-order valence-electron chi connectivity index (χ3n) is 4.13. The van der Waals surface area contributed by atoms with Crippen molar-refractivity contribution in [1.82, 2.24) is 4.90 Å². The predicted octanol–water partition coefficient (Wildman–Crippen LogP) is 3.17. The Morgan fingerprint density at radius 3 is 2.68 bits per heavy atom. The topological polar surface area (TPSA) is 38.8 Å². The van der Waals surface area contributed by atoms with Crippen LogP contribution in [0.4, 0.5) is 0 Å². The number of hydrogen-bond donors (Lipinski definition) is 0. The van der Waals surface area contributed by atoms with Crippen LogP contribution in [-0.4, -0.2) is 44.2 Å². The van der Waals surface area contributed by atoms with Crippen LogP contribution in [0, 0.1) is 5.92 Å². The smallest absolute Gasteiger partial charge is 0.227 e. The molecule has 1 aromatic carbocycles. The zero-order valence-corrected chi connectivity index (χ0v) is 14.1. The van der Waals surface area contributed by atoms with E-state index >= 15 is 0 Å². The maximum atomic E-state index is 12.4. The number of hydrogen-bond acceptors (Lipinski definition) is 3. The monoisotopic (exact) mass is 325 g/mol. The molecule has 0 bridgehead atoms. The molecule has 4 nitrogen and oxygen atoms in total. The number of rotatable bonds is 6. The SMILES string of the molecule is CCOCC1CCN(C(=O)Cc2ccc(OC)cc2Cl)CC1. The first-order valence-corrected chi connectivity index (χ1v) is 8.19. The number of likely N-dealkylation sites (tertiary alicyclic amines) is 1. The number of carbonyl (C=O) groups is 1. The van der Waals surface area contributed by atoms with Gasteiger partial charge in [-0.15, -0.1) is 0 Å². The van der Waals surface area contributed by atoms with Crippen LogP contribution in [0.1, 0.15) is 25.3 Å². The van der Waals surface area contributed by atoms with Crippen molar-refractivity contribution in [3.05, 3.63) is 28.8 Å². The minimum absolute atomic E-state index is 0.141. The average molecular weight is 326 g/mol. The Morgan fingerprint density at radius 1 is 1.36 bits per heavy atom. The van der Waals surface area contributed by atoms with Crippen LogP contribution in [0.2, 0.25) is 5.02 Å². The second-order valence-electron chi connectivity index (χ2n) is 5.62. The summed E-state index contributed by atoms with van der Waals surface area (Å²) in [5, 5.41) is 0.582. The second-order valence-corrected chi connectivity index (χ2v) is 6.02. The quantitative estimate of drug-likeness (QED) is 0.806. The van der Waals surface area contributed by atoms with Crippen molar-refractivity contribution in [2.45, 2.75) is 26.2 Å². The molecule has 0 atom stereocenters. The first-order chi connectivity index (χ1) is 10.6. The number of carbonyl (C=O) groups excluding carboxylic acids is 1. The van der Waals surface area contributed by atoms with Gasteiger partial charge in [0.15, 0.2) is 0 Å². The molecule has 0 saturated carbocycles. The van der Waals surface area contributed by atoms with Crippen LogP contribution in [0.3, 0.4) is 0 Å². The zero-order chi connectivity index (χ0) is 15.9. The van der Waals surface area contributed by atoms with Crippen molar-refractivity contribution in [3.8, 4) is 5.75 Å². The number of benzene rings is 1. The van der Waals surface area contributed by atoms with Crippen molar-refractivity contribution in [1.29, 1.82) is 0 Å². The first kappa shape index (κ1) is 17.1. The van der Waals surface area contributed by atoms with Gasteiger partial charge in [0, 0.05) is 31.3 Å². The van der Waals surface area contributed by atoms with Gasteiger partial charge in [0.2, 0.25) is 5.91 Å². The summed E-state index contributed by atoms with van der Waals surface area (Å²) in [5.74, 6) is 1.42. The van der Waals surface area contributed by atoms with Gasteiger partial charge < -0.3 is 14.4 Å². The third-order valence-corrected chi connectivity index (χ3v) is 4.48. The fraction of sp³-hybridized carbons (Fsp3) is 0.588. The molecule has 1 aromatic rings. The molecule has 1 aliphatic heterocycles. The van der Waals surface area contributed by atoms with Crippen LogP contribution in [0.5, 0.6) is 5.75 Å². The van der Waals surface area contributed by atoms with Crippen LogP contribution in [0.15, 0.2) is 18.2 Å². The third kappa shape index (κ3) is 4.62. The maximum absolute atomic E-state index is 12.4. The molecule has 2 rings (SSSR count). The Balaban J connectivity index is 1.86. The Morgan fingerprint density at radius 2 is 2.09 bits per heavy atom. The number of nitrogens with zero attached hydrogens (tertiary/aromatic N) is 1. The van der Waals surface area contributed by atoms with Crippen LogP contribution in [0.25, 0.3) is 0 Å². The molecule has 0 unspecified atom stereocenters. The summed E-state index contributed by atoms with van der Waals surface area (Å²) in [6.45, 7) is 5.20. The lowest BCUT2D eigenvalue weighted by atomic mass is 9.97. The molecule has 122 valence electrons. The average Bonchev–Trinajstić information content (AvgIpc) is 2.55. The summed E-state index contributed by atoms with van der Waals surface area (Å²) in [7, 11) is 1.60. The maximum Gasteiger partial charge on any atom is 0.227 e. The van der Waals surface area contributed by atoms with Crippen molar-refractivity contribution in [3.63, 3.8) is 0 Å². The van der Waals surface area contributed by atoms with E-state index in [1.165, 1.54) is 0 Å². The number of methoxy groups -OCH3 is 1.